The zero-order chi connectivity index (χ0) is 14.7. The molecule has 0 aliphatic heterocycles. The minimum Gasteiger partial charge on any atom is -0.380 e. The molecule has 2 aromatic heterocycles. The van der Waals surface area contributed by atoms with Crippen LogP contribution in [0, 0.1) is 13.8 Å². The van der Waals surface area contributed by atoms with E-state index in [1.165, 1.54) is 5.56 Å². The molecule has 0 saturated carbocycles. The Morgan fingerprint density at radius 3 is 2.52 bits per heavy atom. The second-order valence-electron chi connectivity index (χ2n) is 5.08. The summed E-state index contributed by atoms with van der Waals surface area (Å²) >= 11 is 0. The molecule has 0 unspecified atom stereocenters. The molecule has 2 heterocycles. The van der Waals surface area contributed by atoms with E-state index in [4.69, 9.17) is 0 Å². The number of benzene rings is 1. The third-order valence-corrected chi connectivity index (χ3v) is 3.45. The van der Waals surface area contributed by atoms with Crippen LogP contribution in [-0.4, -0.2) is 14.5 Å². The fraction of sp³-hybridized carbons (Fsp3) is 0.176. The molecule has 1 aromatic carbocycles. The van der Waals surface area contributed by atoms with Gasteiger partial charge in [0.05, 0.1) is 17.7 Å². The van der Waals surface area contributed by atoms with Crippen LogP contribution in [0.5, 0.6) is 0 Å². The molecule has 3 rings (SSSR count). The van der Waals surface area contributed by atoms with Gasteiger partial charge in [-0.2, -0.15) is 0 Å². The first-order chi connectivity index (χ1) is 10.2. The summed E-state index contributed by atoms with van der Waals surface area (Å²) in [4.78, 5) is 8.52. The topological polar surface area (TPSA) is 42.7 Å². The summed E-state index contributed by atoms with van der Waals surface area (Å²) in [5.74, 6) is 0. The van der Waals surface area contributed by atoms with E-state index < -0.39 is 0 Å². The summed E-state index contributed by atoms with van der Waals surface area (Å²) in [7, 11) is 0. The second kappa shape index (κ2) is 5.79. The van der Waals surface area contributed by atoms with Crippen LogP contribution in [0.15, 0.2) is 55.1 Å². The van der Waals surface area contributed by atoms with Crippen LogP contribution in [0.1, 0.15) is 17.0 Å². The molecule has 106 valence electrons. The van der Waals surface area contributed by atoms with E-state index in [2.05, 4.69) is 45.6 Å². The number of nitrogens with zero attached hydrogens (tertiary/aromatic N) is 3. The second-order valence-corrected chi connectivity index (χ2v) is 5.08. The average Bonchev–Trinajstić information content (AvgIpc) is 3.01. The highest BCUT2D eigenvalue weighted by Crippen LogP contribution is 2.15. The number of aromatic nitrogens is 3. The highest BCUT2D eigenvalue weighted by molar-refractivity contribution is 5.48. The van der Waals surface area contributed by atoms with E-state index in [1.807, 2.05) is 30.7 Å². The van der Waals surface area contributed by atoms with Crippen molar-refractivity contribution < 1.29 is 0 Å². The number of hydrogen-bond acceptors (Lipinski definition) is 3. The quantitative estimate of drug-likeness (QED) is 0.794. The van der Waals surface area contributed by atoms with Crippen LogP contribution >= 0.6 is 0 Å². The Kier molecular flexibility index (Phi) is 3.69. The lowest BCUT2D eigenvalue weighted by Gasteiger charge is -2.10. The monoisotopic (exact) mass is 278 g/mol. The lowest BCUT2D eigenvalue weighted by Crippen LogP contribution is -2.03. The van der Waals surface area contributed by atoms with Crippen molar-refractivity contribution in [3.8, 4) is 5.69 Å². The molecule has 0 amide bonds. The Hall–Kier alpha value is -2.62. The lowest BCUT2D eigenvalue weighted by atomic mass is 10.2. The number of imidazole rings is 1. The SMILES string of the molecule is Cc1ccc(NCc2ccc(-n3ccnc3)cc2)c(C)n1. The van der Waals surface area contributed by atoms with E-state index in [1.54, 1.807) is 12.5 Å². The maximum atomic E-state index is 4.46. The summed E-state index contributed by atoms with van der Waals surface area (Å²) in [5.41, 5.74) is 5.51. The Bertz CT molecular complexity index is 715. The first kappa shape index (κ1) is 13.4. The van der Waals surface area contributed by atoms with Gasteiger partial charge in [0.15, 0.2) is 0 Å². The zero-order valence-electron chi connectivity index (χ0n) is 12.2. The fourth-order valence-electron chi connectivity index (χ4n) is 2.27. The third kappa shape index (κ3) is 3.11. The minimum atomic E-state index is 0.787. The molecule has 4 heteroatoms. The highest BCUT2D eigenvalue weighted by atomic mass is 15.0. The number of aryl methyl sites for hydroxylation is 2. The fourth-order valence-corrected chi connectivity index (χ4v) is 2.27. The molecule has 21 heavy (non-hydrogen) atoms. The molecule has 0 bridgehead atoms. The Labute approximate surface area is 124 Å². The smallest absolute Gasteiger partial charge is 0.0991 e. The van der Waals surface area contributed by atoms with Crippen molar-refractivity contribution in [2.24, 2.45) is 0 Å². The molecule has 0 radical (unpaired) electrons. The van der Waals surface area contributed by atoms with Crippen molar-refractivity contribution in [3.63, 3.8) is 0 Å². The molecule has 3 aromatic rings. The van der Waals surface area contributed by atoms with Gasteiger partial charge in [-0.1, -0.05) is 12.1 Å². The molecule has 0 saturated heterocycles. The van der Waals surface area contributed by atoms with Gasteiger partial charge in [-0.15, -0.1) is 0 Å². The summed E-state index contributed by atoms with van der Waals surface area (Å²) in [6.07, 6.45) is 5.52. The molecular weight excluding hydrogens is 260 g/mol. The average molecular weight is 278 g/mol. The van der Waals surface area contributed by atoms with Crippen LogP contribution in [0.4, 0.5) is 5.69 Å². The van der Waals surface area contributed by atoms with Gasteiger partial charge in [-0.05, 0) is 43.7 Å². The van der Waals surface area contributed by atoms with E-state index in [0.717, 1.165) is 29.3 Å². The molecule has 4 nitrogen and oxygen atoms in total. The summed E-state index contributed by atoms with van der Waals surface area (Å²) in [5, 5.41) is 3.43. The zero-order valence-corrected chi connectivity index (χ0v) is 12.2. The highest BCUT2D eigenvalue weighted by Gasteiger charge is 2.00. The number of nitrogens with one attached hydrogen (secondary N) is 1. The molecular formula is C17H18N4. The van der Waals surface area contributed by atoms with Crippen molar-refractivity contribution in [2.75, 3.05) is 5.32 Å². The summed E-state index contributed by atoms with van der Waals surface area (Å²) < 4.78 is 1.99. The van der Waals surface area contributed by atoms with Crippen LogP contribution < -0.4 is 5.32 Å². The molecule has 0 atom stereocenters. The molecule has 0 spiro atoms. The first-order valence-corrected chi connectivity index (χ1v) is 6.98. The lowest BCUT2D eigenvalue weighted by molar-refractivity contribution is 1.04. The predicted octanol–water partition coefficient (Wildman–Crippen LogP) is 3.50. The normalized spacial score (nSPS) is 10.6. The van der Waals surface area contributed by atoms with Crippen LogP contribution in [0.25, 0.3) is 5.69 Å². The molecule has 0 aliphatic carbocycles. The van der Waals surface area contributed by atoms with Gasteiger partial charge >= 0.3 is 0 Å². The van der Waals surface area contributed by atoms with Crippen molar-refractivity contribution in [1.82, 2.24) is 14.5 Å². The standard InChI is InChI=1S/C17H18N4/c1-13-3-8-17(14(2)20-13)19-11-15-4-6-16(7-5-15)21-10-9-18-12-21/h3-10,12,19H,11H2,1-2H3. The van der Waals surface area contributed by atoms with Crippen molar-refractivity contribution in [1.29, 1.82) is 0 Å². The van der Waals surface area contributed by atoms with Crippen LogP contribution in [0.2, 0.25) is 0 Å². The van der Waals surface area contributed by atoms with Crippen molar-refractivity contribution >= 4 is 5.69 Å². The number of hydrogen-bond donors (Lipinski definition) is 1. The Morgan fingerprint density at radius 1 is 1.05 bits per heavy atom. The number of anilines is 1. The summed E-state index contributed by atoms with van der Waals surface area (Å²) in [6, 6.07) is 12.5. The van der Waals surface area contributed by atoms with Gasteiger partial charge in [-0.25, -0.2) is 4.98 Å². The third-order valence-electron chi connectivity index (χ3n) is 3.45. The number of pyridine rings is 1. The maximum Gasteiger partial charge on any atom is 0.0991 e. The van der Waals surface area contributed by atoms with Crippen molar-refractivity contribution in [2.45, 2.75) is 20.4 Å². The summed E-state index contributed by atoms with van der Waals surface area (Å²) in [6.45, 7) is 4.82. The van der Waals surface area contributed by atoms with E-state index in [0.29, 0.717) is 0 Å². The van der Waals surface area contributed by atoms with E-state index in [9.17, 15) is 0 Å². The van der Waals surface area contributed by atoms with Gasteiger partial charge in [0, 0.05) is 30.3 Å². The van der Waals surface area contributed by atoms with E-state index >= 15 is 0 Å². The van der Waals surface area contributed by atoms with Gasteiger partial charge in [-0.3, -0.25) is 4.98 Å². The van der Waals surface area contributed by atoms with E-state index in [-0.39, 0.29) is 0 Å². The Balaban J connectivity index is 1.68. The minimum absolute atomic E-state index is 0.787. The predicted molar refractivity (Wildman–Crippen MR) is 84.6 cm³/mol. The Morgan fingerprint density at radius 2 is 1.86 bits per heavy atom. The molecule has 0 aliphatic rings. The molecule has 0 fully saturated rings. The first-order valence-electron chi connectivity index (χ1n) is 6.98. The van der Waals surface area contributed by atoms with Crippen LogP contribution in [-0.2, 0) is 6.54 Å². The molecule has 1 N–H and O–H groups in total. The maximum absolute atomic E-state index is 4.46. The van der Waals surface area contributed by atoms with Gasteiger partial charge in [0.2, 0.25) is 0 Å². The van der Waals surface area contributed by atoms with Crippen molar-refractivity contribution in [3.05, 3.63) is 72.1 Å². The largest absolute Gasteiger partial charge is 0.380 e. The number of rotatable bonds is 4. The van der Waals surface area contributed by atoms with Gasteiger partial charge < -0.3 is 9.88 Å². The van der Waals surface area contributed by atoms with Gasteiger partial charge in [0.1, 0.15) is 0 Å². The van der Waals surface area contributed by atoms with Crippen LogP contribution in [0.3, 0.4) is 0 Å². The van der Waals surface area contributed by atoms with Gasteiger partial charge in [0.25, 0.3) is 0 Å².